The third-order valence-corrected chi connectivity index (χ3v) is 3.43. The van der Waals surface area contributed by atoms with Crippen LogP contribution in [-0.2, 0) is 11.3 Å². The summed E-state index contributed by atoms with van der Waals surface area (Å²) in [5.41, 5.74) is 0.490. The van der Waals surface area contributed by atoms with E-state index in [9.17, 15) is 4.79 Å². The van der Waals surface area contributed by atoms with Crippen molar-refractivity contribution in [3.63, 3.8) is 0 Å². The Balaban J connectivity index is 2.23. The van der Waals surface area contributed by atoms with Gasteiger partial charge in [-0.1, -0.05) is 0 Å². The summed E-state index contributed by atoms with van der Waals surface area (Å²) < 4.78 is 6.38. The second-order valence-electron chi connectivity index (χ2n) is 6.00. The number of hydrogen-bond acceptors (Lipinski definition) is 4. The molecule has 0 bridgehead atoms. The molecule has 1 atom stereocenters. The summed E-state index contributed by atoms with van der Waals surface area (Å²) in [5.74, 6) is 0.825. The van der Waals surface area contributed by atoms with Crippen molar-refractivity contribution < 1.29 is 9.53 Å². The molecule has 0 fully saturated rings. The lowest BCUT2D eigenvalue weighted by Gasteiger charge is -2.30. The molecule has 0 unspecified atom stereocenters. The van der Waals surface area contributed by atoms with Gasteiger partial charge in [-0.3, -0.25) is 4.90 Å². The van der Waals surface area contributed by atoms with Crippen molar-refractivity contribution in [1.82, 2.24) is 9.88 Å². The molecule has 0 aliphatic carbocycles. The Morgan fingerprint density at radius 1 is 1.55 bits per heavy atom. The molecule has 2 rings (SSSR count). The van der Waals surface area contributed by atoms with Gasteiger partial charge in [-0.25, -0.2) is 9.78 Å². The van der Waals surface area contributed by atoms with E-state index in [0.29, 0.717) is 13.1 Å². The van der Waals surface area contributed by atoms with Gasteiger partial charge in [0.25, 0.3) is 0 Å². The first-order valence-electron chi connectivity index (χ1n) is 6.64. The van der Waals surface area contributed by atoms with Crippen LogP contribution in [0.15, 0.2) is 16.7 Å². The third kappa shape index (κ3) is 3.62. The van der Waals surface area contributed by atoms with Gasteiger partial charge in [0.05, 0.1) is 6.54 Å². The highest BCUT2D eigenvalue weighted by Crippen LogP contribution is 2.24. The summed E-state index contributed by atoms with van der Waals surface area (Å²) in [6, 6.07) is 2.02. The van der Waals surface area contributed by atoms with E-state index in [-0.39, 0.29) is 12.1 Å². The van der Waals surface area contributed by atoms with E-state index in [1.54, 1.807) is 11.1 Å². The lowest BCUT2D eigenvalue weighted by molar-refractivity contribution is 0.0172. The van der Waals surface area contributed by atoms with Gasteiger partial charge in [-0.2, -0.15) is 0 Å². The molecule has 110 valence electrons. The average Bonchev–Trinajstić information content (AvgIpc) is 2.47. The fourth-order valence-corrected chi connectivity index (χ4v) is 2.40. The molecular formula is C14H20BrN3O2. The van der Waals surface area contributed by atoms with Gasteiger partial charge in [-0.15, -0.1) is 0 Å². The number of nitrogens with one attached hydrogen (secondary N) is 1. The van der Waals surface area contributed by atoms with Gasteiger partial charge in [0.15, 0.2) is 0 Å². The van der Waals surface area contributed by atoms with E-state index in [2.05, 4.69) is 26.2 Å². The van der Waals surface area contributed by atoms with Crippen LogP contribution in [-0.4, -0.2) is 34.2 Å². The van der Waals surface area contributed by atoms with Crippen molar-refractivity contribution in [2.24, 2.45) is 0 Å². The standard InChI is InChI=1S/C14H20BrN3O2/c1-9-6-16-12-10(5-11(15)7-17-12)8-18(9)13(19)20-14(2,3)4/h5,7,9H,6,8H2,1-4H3,(H,16,17)/t9-/m0/s1. The summed E-state index contributed by atoms with van der Waals surface area (Å²) in [4.78, 5) is 18.4. The van der Waals surface area contributed by atoms with Crippen LogP contribution < -0.4 is 5.32 Å². The third-order valence-electron chi connectivity index (χ3n) is 3.00. The molecule has 0 spiro atoms. The topological polar surface area (TPSA) is 54.5 Å². The Bertz CT molecular complexity index is 514. The van der Waals surface area contributed by atoms with Gasteiger partial charge < -0.3 is 10.1 Å². The van der Waals surface area contributed by atoms with Crippen LogP contribution in [0.1, 0.15) is 33.3 Å². The Morgan fingerprint density at radius 2 is 2.25 bits per heavy atom. The Labute approximate surface area is 127 Å². The smallest absolute Gasteiger partial charge is 0.410 e. The maximum absolute atomic E-state index is 12.3. The van der Waals surface area contributed by atoms with Crippen LogP contribution in [0.4, 0.5) is 10.6 Å². The minimum absolute atomic E-state index is 0.0397. The lowest BCUT2D eigenvalue weighted by atomic mass is 10.2. The molecule has 1 aromatic rings. The van der Waals surface area contributed by atoms with Crippen molar-refractivity contribution in [3.05, 3.63) is 22.3 Å². The fourth-order valence-electron chi connectivity index (χ4n) is 2.02. The molecule has 1 aromatic heterocycles. The highest BCUT2D eigenvalue weighted by molar-refractivity contribution is 9.10. The summed E-state index contributed by atoms with van der Waals surface area (Å²) in [5, 5.41) is 3.27. The number of pyridine rings is 1. The zero-order valence-corrected chi connectivity index (χ0v) is 13.8. The van der Waals surface area contributed by atoms with Crippen molar-refractivity contribution in [2.45, 2.75) is 45.9 Å². The maximum atomic E-state index is 12.3. The van der Waals surface area contributed by atoms with E-state index in [4.69, 9.17) is 4.74 Å². The Morgan fingerprint density at radius 3 is 2.90 bits per heavy atom. The number of aromatic nitrogens is 1. The van der Waals surface area contributed by atoms with Crippen LogP contribution in [0.5, 0.6) is 0 Å². The number of carbonyl (C=O) groups is 1. The minimum Gasteiger partial charge on any atom is -0.444 e. The molecule has 1 amide bonds. The van der Waals surface area contributed by atoms with Crippen LogP contribution in [0.3, 0.4) is 0 Å². The second kappa shape index (κ2) is 5.60. The SMILES string of the molecule is C[C@H]1CNc2ncc(Br)cc2CN1C(=O)OC(C)(C)C. The highest BCUT2D eigenvalue weighted by Gasteiger charge is 2.29. The van der Waals surface area contributed by atoms with Crippen LogP contribution >= 0.6 is 15.9 Å². The number of amides is 1. The fraction of sp³-hybridized carbons (Fsp3) is 0.571. The van der Waals surface area contributed by atoms with Gasteiger partial charge in [0.2, 0.25) is 0 Å². The number of rotatable bonds is 0. The number of nitrogens with zero attached hydrogens (tertiary/aromatic N) is 2. The van der Waals surface area contributed by atoms with Crippen molar-refractivity contribution in [1.29, 1.82) is 0 Å². The Kier molecular flexibility index (Phi) is 4.22. The first kappa shape index (κ1) is 15.1. The monoisotopic (exact) mass is 341 g/mol. The van der Waals surface area contributed by atoms with Gasteiger partial charge >= 0.3 is 6.09 Å². The molecule has 0 aromatic carbocycles. The number of carbonyl (C=O) groups excluding carboxylic acids is 1. The van der Waals surface area contributed by atoms with E-state index in [1.807, 2.05) is 33.8 Å². The van der Waals surface area contributed by atoms with Crippen LogP contribution in [0, 0.1) is 0 Å². The van der Waals surface area contributed by atoms with Crippen molar-refractivity contribution in [2.75, 3.05) is 11.9 Å². The number of hydrogen-bond donors (Lipinski definition) is 1. The van der Waals surface area contributed by atoms with E-state index < -0.39 is 5.60 Å². The molecule has 5 nitrogen and oxygen atoms in total. The number of ether oxygens (including phenoxy) is 1. The first-order valence-corrected chi connectivity index (χ1v) is 7.43. The van der Waals surface area contributed by atoms with Gasteiger partial charge in [0, 0.05) is 28.8 Å². The molecule has 1 N–H and O–H groups in total. The lowest BCUT2D eigenvalue weighted by Crippen LogP contribution is -2.43. The molecule has 1 aliphatic heterocycles. The number of fused-ring (bicyclic) bond motifs is 1. The summed E-state index contributed by atoms with van der Waals surface area (Å²) >= 11 is 3.41. The van der Waals surface area contributed by atoms with E-state index >= 15 is 0 Å². The highest BCUT2D eigenvalue weighted by atomic mass is 79.9. The molecule has 20 heavy (non-hydrogen) atoms. The molecule has 0 radical (unpaired) electrons. The molecule has 6 heteroatoms. The summed E-state index contributed by atoms with van der Waals surface area (Å²) in [7, 11) is 0. The minimum atomic E-state index is -0.491. The summed E-state index contributed by atoms with van der Waals surface area (Å²) in [6.45, 7) is 8.76. The second-order valence-corrected chi connectivity index (χ2v) is 6.92. The molecule has 0 saturated heterocycles. The van der Waals surface area contributed by atoms with Gasteiger partial charge in [-0.05, 0) is 49.7 Å². The van der Waals surface area contributed by atoms with E-state index in [1.165, 1.54) is 0 Å². The summed E-state index contributed by atoms with van der Waals surface area (Å²) in [6.07, 6.45) is 1.46. The van der Waals surface area contributed by atoms with E-state index in [0.717, 1.165) is 15.9 Å². The molecular weight excluding hydrogens is 322 g/mol. The van der Waals surface area contributed by atoms with Gasteiger partial charge in [0.1, 0.15) is 11.4 Å². The largest absolute Gasteiger partial charge is 0.444 e. The number of anilines is 1. The zero-order valence-electron chi connectivity index (χ0n) is 12.2. The Hall–Kier alpha value is -1.30. The average molecular weight is 342 g/mol. The van der Waals surface area contributed by atoms with Crippen LogP contribution in [0.2, 0.25) is 0 Å². The molecule has 0 saturated carbocycles. The van der Waals surface area contributed by atoms with Crippen molar-refractivity contribution in [3.8, 4) is 0 Å². The van der Waals surface area contributed by atoms with Crippen LogP contribution in [0.25, 0.3) is 0 Å². The predicted octanol–water partition coefficient (Wildman–Crippen LogP) is 3.40. The normalized spacial score (nSPS) is 18.9. The predicted molar refractivity (Wildman–Crippen MR) is 81.7 cm³/mol. The first-order chi connectivity index (χ1) is 9.26. The quantitative estimate of drug-likeness (QED) is 0.785. The maximum Gasteiger partial charge on any atom is 0.410 e. The molecule has 1 aliphatic rings. The van der Waals surface area contributed by atoms with Crippen molar-refractivity contribution >= 4 is 27.8 Å². The number of halogens is 1. The zero-order chi connectivity index (χ0) is 14.9. The molecule has 2 heterocycles.